The van der Waals surface area contributed by atoms with Gasteiger partial charge in [-0.15, -0.1) is 0 Å². The largest absolute Gasteiger partial charge is 0.480 e. The molecule has 0 bridgehead atoms. The van der Waals surface area contributed by atoms with Gasteiger partial charge in [0.1, 0.15) is 12.1 Å². The Labute approximate surface area is 131 Å². The first-order valence-electron chi connectivity index (χ1n) is 7.78. The fourth-order valence-electron chi connectivity index (χ4n) is 2.45. The van der Waals surface area contributed by atoms with Crippen molar-refractivity contribution in [2.75, 3.05) is 52.4 Å². The summed E-state index contributed by atoms with van der Waals surface area (Å²) in [6.07, 6.45) is 0. The molecule has 0 aromatic heterocycles. The lowest BCUT2D eigenvalue weighted by Gasteiger charge is -2.30. The van der Waals surface area contributed by atoms with E-state index in [0.29, 0.717) is 52.4 Å². The first-order valence-corrected chi connectivity index (χ1v) is 7.78. The SMILES string of the molecule is CC(C(=O)O)N1CCNCCN(C(C)C(=O)O)CCNCC1. The lowest BCUT2D eigenvalue weighted by molar-refractivity contribution is -0.143. The van der Waals surface area contributed by atoms with Gasteiger partial charge in [0.25, 0.3) is 0 Å². The number of carbonyl (C=O) groups is 2. The molecule has 8 heteroatoms. The zero-order valence-electron chi connectivity index (χ0n) is 13.4. The smallest absolute Gasteiger partial charge is 0.320 e. The summed E-state index contributed by atoms with van der Waals surface area (Å²) < 4.78 is 0. The standard InChI is InChI=1S/C14H28N4O4/c1-11(13(19)20)17-7-3-15-5-9-18(12(2)14(21)22)10-6-16-4-8-17/h11-12,15-16H,3-10H2,1-2H3,(H,19,20)(H,21,22). The van der Waals surface area contributed by atoms with Gasteiger partial charge in [-0.1, -0.05) is 0 Å². The molecule has 1 saturated heterocycles. The minimum absolute atomic E-state index is 0.505. The van der Waals surface area contributed by atoms with E-state index in [2.05, 4.69) is 10.6 Å². The molecular weight excluding hydrogens is 288 g/mol. The number of nitrogens with zero attached hydrogens (tertiary/aromatic N) is 2. The maximum absolute atomic E-state index is 11.1. The monoisotopic (exact) mass is 316 g/mol. The highest BCUT2D eigenvalue weighted by molar-refractivity contribution is 5.73. The average Bonchev–Trinajstić information content (AvgIpc) is 2.46. The average molecular weight is 316 g/mol. The van der Waals surface area contributed by atoms with Gasteiger partial charge >= 0.3 is 11.9 Å². The normalized spacial score (nSPS) is 23.0. The minimum atomic E-state index is -0.812. The summed E-state index contributed by atoms with van der Waals surface area (Å²) in [5.41, 5.74) is 0. The molecule has 8 nitrogen and oxygen atoms in total. The van der Waals surface area contributed by atoms with E-state index in [0.717, 1.165) is 0 Å². The van der Waals surface area contributed by atoms with Gasteiger partial charge in [-0.2, -0.15) is 0 Å². The van der Waals surface area contributed by atoms with Crippen LogP contribution in [0.3, 0.4) is 0 Å². The van der Waals surface area contributed by atoms with Crippen molar-refractivity contribution in [3.63, 3.8) is 0 Å². The van der Waals surface area contributed by atoms with Crippen LogP contribution in [0.4, 0.5) is 0 Å². The molecule has 1 fully saturated rings. The van der Waals surface area contributed by atoms with Crippen molar-refractivity contribution in [2.24, 2.45) is 0 Å². The number of nitrogens with one attached hydrogen (secondary N) is 2. The summed E-state index contributed by atoms with van der Waals surface area (Å²) in [6.45, 7) is 8.77. The van der Waals surface area contributed by atoms with Gasteiger partial charge in [0.05, 0.1) is 0 Å². The number of rotatable bonds is 4. The van der Waals surface area contributed by atoms with Gasteiger partial charge in [0.15, 0.2) is 0 Å². The van der Waals surface area contributed by atoms with Crippen molar-refractivity contribution in [1.29, 1.82) is 0 Å². The molecule has 22 heavy (non-hydrogen) atoms. The van der Waals surface area contributed by atoms with Gasteiger partial charge in [0.2, 0.25) is 0 Å². The van der Waals surface area contributed by atoms with Crippen LogP contribution >= 0.6 is 0 Å². The van der Waals surface area contributed by atoms with Gasteiger partial charge in [-0.25, -0.2) is 0 Å². The zero-order chi connectivity index (χ0) is 16.5. The Morgan fingerprint density at radius 3 is 1.27 bits per heavy atom. The number of carboxylic acids is 2. The highest BCUT2D eigenvalue weighted by atomic mass is 16.4. The van der Waals surface area contributed by atoms with Crippen LogP contribution in [-0.2, 0) is 9.59 Å². The lowest BCUT2D eigenvalue weighted by Crippen LogP contribution is -2.49. The Kier molecular flexibility index (Phi) is 8.32. The first-order chi connectivity index (χ1) is 10.4. The van der Waals surface area contributed by atoms with Crippen LogP contribution in [0, 0.1) is 0 Å². The predicted octanol–water partition coefficient (Wildman–Crippen LogP) is -1.27. The van der Waals surface area contributed by atoms with Gasteiger partial charge in [-0.3, -0.25) is 19.4 Å². The van der Waals surface area contributed by atoms with Crippen molar-refractivity contribution < 1.29 is 19.8 Å². The second kappa shape index (κ2) is 9.73. The fraction of sp³-hybridized carbons (Fsp3) is 0.857. The summed E-state index contributed by atoms with van der Waals surface area (Å²) in [4.78, 5) is 26.1. The molecule has 0 aromatic carbocycles. The van der Waals surface area contributed by atoms with Crippen LogP contribution in [0.25, 0.3) is 0 Å². The molecule has 0 radical (unpaired) electrons. The Morgan fingerprint density at radius 2 is 1.05 bits per heavy atom. The highest BCUT2D eigenvalue weighted by Gasteiger charge is 2.22. The minimum Gasteiger partial charge on any atom is -0.480 e. The molecule has 4 N–H and O–H groups in total. The molecule has 1 aliphatic rings. The third-order valence-electron chi connectivity index (χ3n) is 4.11. The summed E-state index contributed by atoms with van der Waals surface area (Å²) in [7, 11) is 0. The van der Waals surface area contributed by atoms with E-state index in [4.69, 9.17) is 10.2 Å². The first kappa shape index (κ1) is 18.8. The topological polar surface area (TPSA) is 105 Å². The van der Waals surface area contributed by atoms with E-state index >= 15 is 0 Å². The van der Waals surface area contributed by atoms with Crippen LogP contribution in [0.1, 0.15) is 13.8 Å². The second-order valence-corrected chi connectivity index (χ2v) is 5.60. The van der Waals surface area contributed by atoms with Crippen molar-refractivity contribution in [1.82, 2.24) is 20.4 Å². The molecule has 1 aliphatic heterocycles. The van der Waals surface area contributed by atoms with E-state index < -0.39 is 24.0 Å². The molecule has 0 spiro atoms. The Bertz CT molecular complexity index is 321. The molecular formula is C14H28N4O4. The lowest BCUT2D eigenvalue weighted by atomic mass is 10.2. The van der Waals surface area contributed by atoms with E-state index in [1.54, 1.807) is 13.8 Å². The van der Waals surface area contributed by atoms with Gasteiger partial charge in [0, 0.05) is 52.4 Å². The highest BCUT2D eigenvalue weighted by Crippen LogP contribution is 2.00. The summed E-state index contributed by atoms with van der Waals surface area (Å²) in [5, 5.41) is 24.8. The fourth-order valence-corrected chi connectivity index (χ4v) is 2.45. The summed E-state index contributed by atoms with van der Waals surface area (Å²) in [6, 6.07) is -1.01. The second-order valence-electron chi connectivity index (χ2n) is 5.60. The Morgan fingerprint density at radius 1 is 0.773 bits per heavy atom. The van der Waals surface area contributed by atoms with Crippen LogP contribution in [0.5, 0.6) is 0 Å². The van der Waals surface area contributed by atoms with Crippen molar-refractivity contribution >= 4 is 11.9 Å². The Balaban J connectivity index is 2.52. The van der Waals surface area contributed by atoms with E-state index in [1.165, 1.54) is 0 Å². The summed E-state index contributed by atoms with van der Waals surface area (Å²) >= 11 is 0. The van der Waals surface area contributed by atoms with Gasteiger partial charge < -0.3 is 20.8 Å². The number of carboxylic acid groups (broad SMARTS) is 2. The van der Waals surface area contributed by atoms with Crippen LogP contribution in [0.15, 0.2) is 0 Å². The summed E-state index contributed by atoms with van der Waals surface area (Å²) in [5.74, 6) is -1.62. The molecule has 2 unspecified atom stereocenters. The van der Waals surface area contributed by atoms with Crippen LogP contribution in [0.2, 0.25) is 0 Å². The molecule has 2 atom stereocenters. The third-order valence-corrected chi connectivity index (χ3v) is 4.11. The third kappa shape index (κ3) is 6.27. The molecule has 0 saturated carbocycles. The molecule has 128 valence electrons. The van der Waals surface area contributed by atoms with E-state index in [9.17, 15) is 9.59 Å². The maximum Gasteiger partial charge on any atom is 0.320 e. The number of aliphatic carboxylic acids is 2. The van der Waals surface area contributed by atoms with Crippen molar-refractivity contribution in [3.05, 3.63) is 0 Å². The van der Waals surface area contributed by atoms with Crippen LogP contribution < -0.4 is 10.6 Å². The molecule has 0 amide bonds. The molecule has 1 rings (SSSR count). The maximum atomic E-state index is 11.1. The Hall–Kier alpha value is -1.22. The van der Waals surface area contributed by atoms with E-state index in [-0.39, 0.29) is 0 Å². The van der Waals surface area contributed by atoms with Crippen molar-refractivity contribution in [3.8, 4) is 0 Å². The number of hydrogen-bond donors (Lipinski definition) is 4. The molecule has 0 aliphatic carbocycles. The quantitative estimate of drug-likeness (QED) is 0.509. The van der Waals surface area contributed by atoms with Gasteiger partial charge in [-0.05, 0) is 13.8 Å². The predicted molar refractivity (Wildman–Crippen MR) is 83.1 cm³/mol. The van der Waals surface area contributed by atoms with E-state index in [1.807, 2.05) is 9.80 Å². The molecule has 0 aromatic rings. The van der Waals surface area contributed by atoms with Crippen LogP contribution in [-0.4, -0.2) is 96.4 Å². The zero-order valence-corrected chi connectivity index (χ0v) is 13.4. The van der Waals surface area contributed by atoms with Crippen molar-refractivity contribution in [2.45, 2.75) is 25.9 Å². The number of hydrogen-bond acceptors (Lipinski definition) is 6. The molecule has 1 heterocycles.